The number of nitrogen functional groups attached to an aromatic ring is 1. The first kappa shape index (κ1) is 18.3. The van der Waals surface area contributed by atoms with Gasteiger partial charge in [-0.1, -0.05) is 24.3 Å². The summed E-state index contributed by atoms with van der Waals surface area (Å²) in [5.74, 6) is -0.0477. The molecule has 0 saturated heterocycles. The summed E-state index contributed by atoms with van der Waals surface area (Å²) in [6, 6.07) is 13.5. The number of fused-ring (bicyclic) bond motifs is 2. The van der Waals surface area contributed by atoms with Crippen molar-refractivity contribution in [3.05, 3.63) is 53.6 Å². The molecule has 2 aliphatic rings. The summed E-state index contributed by atoms with van der Waals surface area (Å²) in [5, 5.41) is 0. The summed E-state index contributed by atoms with van der Waals surface area (Å²) < 4.78 is 0. The van der Waals surface area contributed by atoms with Crippen LogP contribution >= 0.6 is 12.4 Å². The van der Waals surface area contributed by atoms with Gasteiger partial charge in [0.25, 0.3) is 0 Å². The predicted molar refractivity (Wildman–Crippen MR) is 106 cm³/mol. The van der Waals surface area contributed by atoms with Gasteiger partial charge in [-0.05, 0) is 48.6 Å². The molecule has 2 N–H and O–H groups in total. The first-order valence-corrected chi connectivity index (χ1v) is 8.71. The molecule has 0 bridgehead atoms. The van der Waals surface area contributed by atoms with Gasteiger partial charge in [0, 0.05) is 30.0 Å². The molecule has 2 aliphatic heterocycles. The number of carbonyl (C=O) groups excluding carboxylic acids is 2. The van der Waals surface area contributed by atoms with Crippen LogP contribution in [0.1, 0.15) is 24.0 Å². The van der Waals surface area contributed by atoms with Gasteiger partial charge in [0.15, 0.2) is 0 Å². The number of carbonyl (C=O) groups is 2. The number of benzene rings is 2. The van der Waals surface area contributed by atoms with E-state index in [2.05, 4.69) is 0 Å². The van der Waals surface area contributed by atoms with Crippen LogP contribution in [0.4, 0.5) is 17.1 Å². The highest BCUT2D eigenvalue weighted by molar-refractivity contribution is 6.05. The molecule has 2 heterocycles. The van der Waals surface area contributed by atoms with Crippen molar-refractivity contribution in [2.24, 2.45) is 0 Å². The number of para-hydroxylation sites is 1. The maximum Gasteiger partial charge on any atom is 0.247 e. The van der Waals surface area contributed by atoms with Gasteiger partial charge in [-0.3, -0.25) is 9.59 Å². The molecule has 6 heteroatoms. The molecule has 4 rings (SSSR count). The van der Waals surface area contributed by atoms with E-state index in [0.29, 0.717) is 13.0 Å². The zero-order valence-electron chi connectivity index (χ0n) is 14.5. The molecule has 136 valence electrons. The van der Waals surface area contributed by atoms with Crippen LogP contribution in [0.3, 0.4) is 0 Å². The molecule has 5 nitrogen and oxygen atoms in total. The van der Waals surface area contributed by atoms with Crippen LogP contribution in [0.2, 0.25) is 0 Å². The second-order valence-electron chi connectivity index (χ2n) is 6.60. The second kappa shape index (κ2) is 7.38. The Morgan fingerprint density at radius 1 is 1.00 bits per heavy atom. The first-order chi connectivity index (χ1) is 12.1. The largest absolute Gasteiger partial charge is 0.398 e. The van der Waals surface area contributed by atoms with Crippen LogP contribution in [-0.2, 0) is 22.4 Å². The van der Waals surface area contributed by atoms with Gasteiger partial charge >= 0.3 is 0 Å². The zero-order valence-corrected chi connectivity index (χ0v) is 15.3. The Morgan fingerprint density at radius 2 is 1.77 bits per heavy atom. The van der Waals surface area contributed by atoms with E-state index in [4.69, 9.17) is 5.73 Å². The molecule has 0 fully saturated rings. The normalized spacial score (nSPS) is 15.8. The number of amides is 2. The van der Waals surface area contributed by atoms with Crippen LogP contribution in [0, 0.1) is 0 Å². The maximum atomic E-state index is 13.0. The van der Waals surface area contributed by atoms with Crippen molar-refractivity contribution in [3.8, 4) is 0 Å². The van der Waals surface area contributed by atoms with E-state index in [1.165, 1.54) is 0 Å². The van der Waals surface area contributed by atoms with Crippen molar-refractivity contribution in [1.29, 1.82) is 0 Å². The summed E-state index contributed by atoms with van der Waals surface area (Å²) in [5.41, 5.74) is 10.7. The molecule has 0 unspecified atom stereocenters. The summed E-state index contributed by atoms with van der Waals surface area (Å²) >= 11 is 0. The average molecular weight is 372 g/mol. The van der Waals surface area contributed by atoms with E-state index in [1.54, 1.807) is 9.80 Å². The Labute approximate surface area is 159 Å². The zero-order chi connectivity index (χ0) is 17.4. The van der Waals surface area contributed by atoms with Crippen molar-refractivity contribution in [1.82, 2.24) is 0 Å². The minimum atomic E-state index is -0.0587. The molecule has 26 heavy (non-hydrogen) atoms. The Bertz CT molecular complexity index is 853. The molecule has 2 aromatic rings. The molecular weight excluding hydrogens is 350 g/mol. The highest BCUT2D eigenvalue weighted by Crippen LogP contribution is 2.32. The average Bonchev–Trinajstić information content (AvgIpc) is 2.64. The van der Waals surface area contributed by atoms with Crippen LogP contribution < -0.4 is 15.5 Å². The van der Waals surface area contributed by atoms with Crippen LogP contribution in [-0.4, -0.2) is 24.9 Å². The number of nitrogens with two attached hydrogens (primary N) is 1. The number of halogens is 1. The lowest BCUT2D eigenvalue weighted by Crippen LogP contribution is -2.46. The Kier molecular flexibility index (Phi) is 5.18. The van der Waals surface area contributed by atoms with E-state index >= 15 is 0 Å². The molecule has 2 aromatic carbocycles. The fraction of sp³-hybridized carbons (Fsp3) is 0.300. The molecule has 0 atom stereocenters. The third-order valence-corrected chi connectivity index (χ3v) is 5.07. The van der Waals surface area contributed by atoms with Gasteiger partial charge in [-0.2, -0.15) is 0 Å². The van der Waals surface area contributed by atoms with Gasteiger partial charge in [0.05, 0.1) is 0 Å². The quantitative estimate of drug-likeness (QED) is 0.825. The van der Waals surface area contributed by atoms with E-state index in [-0.39, 0.29) is 30.8 Å². The third-order valence-electron chi connectivity index (χ3n) is 5.07. The van der Waals surface area contributed by atoms with Gasteiger partial charge in [0.1, 0.15) is 6.54 Å². The summed E-state index contributed by atoms with van der Waals surface area (Å²) in [4.78, 5) is 28.8. The summed E-state index contributed by atoms with van der Waals surface area (Å²) in [6.07, 6.45) is 2.96. The highest BCUT2D eigenvalue weighted by Gasteiger charge is 2.29. The lowest BCUT2D eigenvalue weighted by molar-refractivity contribution is -0.122. The van der Waals surface area contributed by atoms with Crippen molar-refractivity contribution >= 4 is 41.3 Å². The SMILES string of the molecule is Cl.Nc1cccc2c1CCCN2C(=O)CN1C(=O)CCc2ccccc21. The van der Waals surface area contributed by atoms with Crippen molar-refractivity contribution in [2.75, 3.05) is 28.6 Å². The Hall–Kier alpha value is -2.53. The number of hydrogen-bond donors (Lipinski definition) is 1. The van der Waals surface area contributed by atoms with Crippen LogP contribution in [0.25, 0.3) is 0 Å². The number of hydrogen-bond acceptors (Lipinski definition) is 3. The topological polar surface area (TPSA) is 66.6 Å². The second-order valence-corrected chi connectivity index (χ2v) is 6.60. The maximum absolute atomic E-state index is 13.0. The molecule has 0 spiro atoms. The lowest BCUT2D eigenvalue weighted by Gasteiger charge is -2.34. The molecule has 0 saturated carbocycles. The standard InChI is InChI=1S/C20H21N3O2.ClH/c21-16-7-3-9-18-15(16)6-4-12-22(18)20(25)13-23-17-8-2-1-5-14(17)10-11-19(23)24;/h1-3,5,7-9H,4,6,10-13,21H2;1H. The van der Waals surface area contributed by atoms with Gasteiger partial charge < -0.3 is 15.5 Å². The van der Waals surface area contributed by atoms with E-state index in [0.717, 1.165) is 47.5 Å². The van der Waals surface area contributed by atoms with E-state index < -0.39 is 0 Å². The third kappa shape index (κ3) is 3.15. The Morgan fingerprint density at radius 3 is 2.62 bits per heavy atom. The van der Waals surface area contributed by atoms with Gasteiger partial charge in [0.2, 0.25) is 11.8 Å². The fourth-order valence-electron chi connectivity index (χ4n) is 3.80. The lowest BCUT2D eigenvalue weighted by atomic mass is 9.99. The number of aryl methyl sites for hydroxylation is 1. The van der Waals surface area contributed by atoms with Crippen LogP contribution in [0.5, 0.6) is 0 Å². The minimum Gasteiger partial charge on any atom is -0.398 e. The molecule has 0 aliphatic carbocycles. The molecule has 0 aromatic heterocycles. The van der Waals surface area contributed by atoms with Crippen molar-refractivity contribution in [3.63, 3.8) is 0 Å². The van der Waals surface area contributed by atoms with E-state index in [1.807, 2.05) is 42.5 Å². The number of rotatable bonds is 2. The fourth-order valence-corrected chi connectivity index (χ4v) is 3.80. The summed E-state index contributed by atoms with van der Waals surface area (Å²) in [6.45, 7) is 0.739. The molecule has 0 radical (unpaired) electrons. The minimum absolute atomic E-state index is 0. The summed E-state index contributed by atoms with van der Waals surface area (Å²) in [7, 11) is 0. The van der Waals surface area contributed by atoms with Crippen molar-refractivity contribution in [2.45, 2.75) is 25.7 Å². The Balaban J connectivity index is 0.00000196. The number of anilines is 3. The van der Waals surface area contributed by atoms with Gasteiger partial charge in [-0.15, -0.1) is 12.4 Å². The van der Waals surface area contributed by atoms with Crippen molar-refractivity contribution < 1.29 is 9.59 Å². The molecule has 2 amide bonds. The predicted octanol–water partition coefficient (Wildman–Crippen LogP) is 2.95. The smallest absolute Gasteiger partial charge is 0.247 e. The molecular formula is C20H22ClN3O2. The van der Waals surface area contributed by atoms with E-state index in [9.17, 15) is 9.59 Å². The first-order valence-electron chi connectivity index (χ1n) is 8.71. The van der Waals surface area contributed by atoms with Gasteiger partial charge in [-0.25, -0.2) is 0 Å². The highest BCUT2D eigenvalue weighted by atomic mass is 35.5. The van der Waals surface area contributed by atoms with Crippen LogP contribution in [0.15, 0.2) is 42.5 Å². The monoisotopic (exact) mass is 371 g/mol. The number of nitrogens with zero attached hydrogens (tertiary/aromatic N) is 2.